The van der Waals surface area contributed by atoms with Gasteiger partial charge in [0.05, 0.1) is 12.3 Å². The number of amidine groups is 1. The highest BCUT2D eigenvalue weighted by Crippen LogP contribution is 2.29. The highest BCUT2D eigenvalue weighted by molar-refractivity contribution is 7.96. The maximum atomic E-state index is 12.5. The largest absolute Gasteiger partial charge is 0.460 e. The molecule has 1 aliphatic carbocycles. The summed E-state index contributed by atoms with van der Waals surface area (Å²) in [5.74, 6) is -0.481. The fourth-order valence-electron chi connectivity index (χ4n) is 3.52. The van der Waals surface area contributed by atoms with Crippen molar-refractivity contribution in [2.45, 2.75) is 90.6 Å². The summed E-state index contributed by atoms with van der Waals surface area (Å²) in [7, 11) is 0. The average molecular weight is 430 g/mol. The molecule has 1 unspecified atom stereocenters. The molecule has 168 valence electrons. The Balaban J connectivity index is 2.58. The number of esters is 1. The van der Waals surface area contributed by atoms with E-state index in [1.54, 1.807) is 0 Å². The molecule has 0 saturated heterocycles. The molecule has 0 amide bonds. The monoisotopic (exact) mass is 429 g/mol. The second kappa shape index (κ2) is 13.9. The van der Waals surface area contributed by atoms with Crippen molar-refractivity contribution in [2.75, 3.05) is 12.8 Å². The second-order valence-corrected chi connectivity index (χ2v) is 9.46. The van der Waals surface area contributed by atoms with Crippen LogP contribution in [0, 0.1) is 11.8 Å². The number of rotatable bonds is 12. The normalized spacial score (nSPS) is 17.0. The summed E-state index contributed by atoms with van der Waals surface area (Å²) in [6.07, 6.45) is 11.4. The predicted octanol–water partition coefficient (Wildman–Crippen LogP) is 4.16. The van der Waals surface area contributed by atoms with Gasteiger partial charge in [-0.05, 0) is 39.4 Å². The minimum atomic E-state index is -0.583. The van der Waals surface area contributed by atoms with Crippen LogP contribution in [0.15, 0.2) is 5.16 Å². The molecule has 3 N–H and O–H groups in total. The van der Waals surface area contributed by atoms with Crippen LogP contribution in [0.2, 0.25) is 0 Å². The third kappa shape index (κ3) is 12.8. The third-order valence-electron chi connectivity index (χ3n) is 4.94. The summed E-state index contributed by atoms with van der Waals surface area (Å²) in [4.78, 5) is 29.9. The van der Waals surface area contributed by atoms with Crippen LogP contribution in [0.1, 0.15) is 85.0 Å². The zero-order valence-electron chi connectivity index (χ0n) is 18.5. The molecule has 0 radical (unpaired) electrons. The molecule has 1 aliphatic rings. The zero-order valence-corrected chi connectivity index (χ0v) is 19.3. The summed E-state index contributed by atoms with van der Waals surface area (Å²) in [6.45, 7) is 6.08. The molecule has 0 aromatic rings. The van der Waals surface area contributed by atoms with Gasteiger partial charge in [-0.3, -0.25) is 9.52 Å². The van der Waals surface area contributed by atoms with Crippen LogP contribution in [0.5, 0.6) is 0 Å². The number of hydrogen-bond acceptors (Lipinski definition) is 7. The van der Waals surface area contributed by atoms with Gasteiger partial charge in [0.15, 0.2) is 0 Å². The Hall–Kier alpha value is -1.28. The molecule has 1 atom stereocenters. The number of ether oxygens (including phenoxy) is 1. The highest BCUT2D eigenvalue weighted by atomic mass is 32.2. The van der Waals surface area contributed by atoms with Crippen molar-refractivity contribution in [3.05, 3.63) is 0 Å². The maximum Gasteiger partial charge on any atom is 0.338 e. The van der Waals surface area contributed by atoms with Crippen LogP contribution >= 0.6 is 11.9 Å². The quantitative estimate of drug-likeness (QED) is 0.0913. The predicted molar refractivity (Wildman–Crippen MR) is 118 cm³/mol. The lowest BCUT2D eigenvalue weighted by molar-refractivity contribution is -0.161. The van der Waals surface area contributed by atoms with Crippen molar-refractivity contribution in [2.24, 2.45) is 22.7 Å². The van der Waals surface area contributed by atoms with Gasteiger partial charge in [-0.25, -0.2) is 4.79 Å². The number of carbonyl (C=O) groups excluding carboxylic acids is 2. The molecule has 0 spiro atoms. The fourth-order valence-corrected chi connectivity index (χ4v) is 3.83. The Morgan fingerprint density at radius 1 is 1.24 bits per heavy atom. The van der Waals surface area contributed by atoms with E-state index >= 15 is 0 Å². The molecule has 0 bridgehead atoms. The highest BCUT2D eigenvalue weighted by Gasteiger charge is 2.27. The van der Waals surface area contributed by atoms with Crippen LogP contribution in [-0.2, 0) is 19.2 Å². The number of nitrogens with one attached hydrogen (secondary N) is 1. The molecule has 8 heteroatoms. The van der Waals surface area contributed by atoms with E-state index in [0.717, 1.165) is 18.8 Å². The fraction of sp³-hybridized carbons (Fsp3) is 0.857. The van der Waals surface area contributed by atoms with Gasteiger partial charge in [-0.2, -0.15) is 0 Å². The van der Waals surface area contributed by atoms with E-state index in [1.165, 1.54) is 44.1 Å². The van der Waals surface area contributed by atoms with Crippen molar-refractivity contribution in [1.29, 1.82) is 0 Å². The number of hydrogen-bond donors (Lipinski definition) is 2. The minimum Gasteiger partial charge on any atom is -0.460 e. The molecule has 1 fully saturated rings. The smallest absolute Gasteiger partial charge is 0.338 e. The zero-order chi connectivity index (χ0) is 21.7. The van der Waals surface area contributed by atoms with Crippen LogP contribution in [0.4, 0.5) is 0 Å². The lowest BCUT2D eigenvalue weighted by Gasteiger charge is -2.23. The van der Waals surface area contributed by atoms with Crippen molar-refractivity contribution < 1.29 is 19.2 Å². The van der Waals surface area contributed by atoms with Gasteiger partial charge in [0, 0.05) is 13.0 Å². The maximum absolute atomic E-state index is 12.5. The van der Waals surface area contributed by atoms with Gasteiger partial charge >= 0.3 is 11.9 Å². The van der Waals surface area contributed by atoms with E-state index in [-0.39, 0.29) is 12.3 Å². The SMILES string of the molecule is CSNCCC(N)=NOC(=O)C(CCCC1CCCCC1)CC(=O)OC(C)(C)C. The van der Waals surface area contributed by atoms with Crippen molar-refractivity contribution in [3.8, 4) is 0 Å². The first kappa shape index (κ1) is 25.8. The van der Waals surface area contributed by atoms with E-state index in [1.807, 2.05) is 27.0 Å². The van der Waals surface area contributed by atoms with Crippen LogP contribution in [0.25, 0.3) is 0 Å². The topological polar surface area (TPSA) is 103 Å². The van der Waals surface area contributed by atoms with Crippen molar-refractivity contribution >= 4 is 29.7 Å². The van der Waals surface area contributed by atoms with Gasteiger partial charge in [0.2, 0.25) is 0 Å². The van der Waals surface area contributed by atoms with Crippen LogP contribution < -0.4 is 10.5 Å². The summed E-state index contributed by atoms with van der Waals surface area (Å²) in [6, 6.07) is 0. The average Bonchev–Trinajstić information content (AvgIpc) is 2.65. The first-order valence-corrected chi connectivity index (χ1v) is 11.9. The molecule has 29 heavy (non-hydrogen) atoms. The number of nitrogens with zero attached hydrogens (tertiary/aromatic N) is 1. The first-order chi connectivity index (χ1) is 13.7. The molecule has 1 rings (SSSR count). The number of carbonyl (C=O) groups is 2. The van der Waals surface area contributed by atoms with Gasteiger partial charge in [-0.15, -0.1) is 0 Å². The molecule has 7 nitrogen and oxygen atoms in total. The van der Waals surface area contributed by atoms with Gasteiger partial charge in [0.25, 0.3) is 0 Å². The number of oxime groups is 1. The Bertz CT molecular complexity index is 529. The summed E-state index contributed by atoms with van der Waals surface area (Å²) in [5.41, 5.74) is 5.19. The molecule has 1 saturated carbocycles. The van der Waals surface area contributed by atoms with Crippen LogP contribution in [0.3, 0.4) is 0 Å². The molecule has 0 aliphatic heterocycles. The van der Waals surface area contributed by atoms with E-state index in [9.17, 15) is 9.59 Å². The van der Waals surface area contributed by atoms with Crippen molar-refractivity contribution in [1.82, 2.24) is 4.72 Å². The molecule has 0 heterocycles. The summed E-state index contributed by atoms with van der Waals surface area (Å²) < 4.78 is 8.44. The third-order valence-corrected chi connectivity index (χ3v) is 5.43. The van der Waals surface area contributed by atoms with E-state index in [4.69, 9.17) is 15.3 Å². The lowest BCUT2D eigenvalue weighted by atomic mass is 9.84. The summed E-state index contributed by atoms with van der Waals surface area (Å²) in [5, 5.41) is 3.74. The van der Waals surface area contributed by atoms with Crippen LogP contribution in [-0.4, -0.2) is 36.2 Å². The summed E-state index contributed by atoms with van der Waals surface area (Å²) >= 11 is 1.49. The van der Waals surface area contributed by atoms with E-state index < -0.39 is 23.5 Å². The van der Waals surface area contributed by atoms with E-state index in [0.29, 0.717) is 19.4 Å². The molecule has 0 aromatic heterocycles. The van der Waals surface area contributed by atoms with Gasteiger partial charge in [-0.1, -0.05) is 62.0 Å². The lowest BCUT2D eigenvalue weighted by Crippen LogP contribution is -2.28. The second-order valence-electron chi connectivity index (χ2n) is 8.76. The Morgan fingerprint density at radius 2 is 1.93 bits per heavy atom. The molecular weight excluding hydrogens is 390 g/mol. The Morgan fingerprint density at radius 3 is 2.55 bits per heavy atom. The minimum absolute atomic E-state index is 0.00419. The van der Waals surface area contributed by atoms with Crippen molar-refractivity contribution in [3.63, 3.8) is 0 Å². The van der Waals surface area contributed by atoms with Gasteiger partial charge < -0.3 is 15.3 Å². The Labute approximate surface area is 180 Å². The standard InChI is InChI=1S/C21H39N3O4S/c1-21(2,3)27-19(25)15-17(12-8-11-16-9-6-5-7-10-16)20(26)28-24-18(22)13-14-23-29-4/h16-17,23H,5-15H2,1-4H3,(H2,22,24). The Kier molecular flexibility index (Phi) is 12.3. The van der Waals surface area contributed by atoms with E-state index in [2.05, 4.69) is 9.88 Å². The molecular formula is C21H39N3O4S. The first-order valence-electron chi connectivity index (χ1n) is 10.7. The van der Waals surface area contributed by atoms with Gasteiger partial charge in [0.1, 0.15) is 11.4 Å². The number of nitrogens with two attached hydrogens (primary N) is 1. The molecule has 0 aromatic carbocycles.